The molecule has 0 radical (unpaired) electrons. The molecule has 1 aromatic carbocycles. The van der Waals surface area contributed by atoms with Gasteiger partial charge in [0.15, 0.2) is 0 Å². The molecule has 6 heteroatoms. The first-order valence-electron chi connectivity index (χ1n) is 11.0. The molecule has 0 saturated carbocycles. The Morgan fingerprint density at radius 2 is 1.62 bits per heavy atom. The molecule has 0 saturated heterocycles. The summed E-state index contributed by atoms with van der Waals surface area (Å²) in [7, 11) is 0. The van der Waals surface area contributed by atoms with Crippen LogP contribution in [0.1, 0.15) is 54.0 Å². The number of benzene rings is 1. The van der Waals surface area contributed by atoms with Crippen LogP contribution in [-0.2, 0) is 5.41 Å². The Labute approximate surface area is 201 Å². The molecule has 0 amide bonds. The van der Waals surface area contributed by atoms with Crippen LogP contribution in [0.4, 0.5) is 5.82 Å². The minimum atomic E-state index is 0.150. The molecule has 3 heterocycles. The predicted molar refractivity (Wildman–Crippen MR) is 141 cm³/mol. The van der Waals surface area contributed by atoms with E-state index in [1.165, 1.54) is 5.56 Å². The van der Waals surface area contributed by atoms with Crippen molar-refractivity contribution in [2.75, 3.05) is 4.72 Å². The molecule has 1 N–H and O–H groups in total. The van der Waals surface area contributed by atoms with Crippen LogP contribution in [0, 0.1) is 0 Å². The van der Waals surface area contributed by atoms with Crippen molar-refractivity contribution in [2.45, 2.75) is 58.8 Å². The highest BCUT2D eigenvalue weighted by Crippen LogP contribution is 2.30. The highest BCUT2D eigenvalue weighted by Gasteiger charge is 2.14. The van der Waals surface area contributed by atoms with Gasteiger partial charge in [-0.3, -0.25) is 4.98 Å². The Morgan fingerprint density at radius 3 is 2.22 bits per heavy atom. The van der Waals surface area contributed by atoms with E-state index < -0.39 is 0 Å². The van der Waals surface area contributed by atoms with E-state index in [0.29, 0.717) is 5.02 Å². The molecular weight excluding hydrogens is 436 g/mol. The van der Waals surface area contributed by atoms with E-state index in [0.717, 1.165) is 27.5 Å². The second-order valence-electron chi connectivity index (χ2n) is 7.61. The average Bonchev–Trinajstić information content (AvgIpc) is 3.28. The molecule has 0 aliphatic carbocycles. The third-order valence-electron chi connectivity index (χ3n) is 4.52. The summed E-state index contributed by atoms with van der Waals surface area (Å²) in [6.45, 7) is 14.7. The van der Waals surface area contributed by atoms with E-state index in [1.807, 2.05) is 62.5 Å². The number of nitrogens with zero attached hydrogens (tertiary/aromatic N) is 3. The van der Waals surface area contributed by atoms with Gasteiger partial charge in [0, 0.05) is 22.9 Å². The molecule has 0 bridgehead atoms. The largest absolute Gasteiger partial charge is 0.310 e. The average molecular weight is 469 g/mol. The summed E-state index contributed by atoms with van der Waals surface area (Å²) in [5, 5.41) is 5.38. The number of pyridine rings is 2. The Balaban J connectivity index is 0.000000860. The van der Waals surface area contributed by atoms with Crippen LogP contribution in [0.3, 0.4) is 0 Å². The van der Waals surface area contributed by atoms with Gasteiger partial charge in [-0.1, -0.05) is 72.2 Å². The van der Waals surface area contributed by atoms with Crippen molar-refractivity contribution in [1.82, 2.24) is 14.6 Å². The molecule has 4 rings (SSSR count). The van der Waals surface area contributed by atoms with Gasteiger partial charge in [-0.25, -0.2) is 4.52 Å². The number of hydrogen-bond donors (Lipinski definition) is 1. The molecule has 0 unspecified atom stereocenters. The first-order valence-corrected chi connectivity index (χ1v) is 12.2. The normalized spacial score (nSPS) is 10.6. The smallest absolute Gasteiger partial charge is 0.138 e. The van der Waals surface area contributed by atoms with Gasteiger partial charge in [-0.05, 0) is 65.4 Å². The number of rotatable bonds is 4. The fourth-order valence-electron chi connectivity index (χ4n) is 2.91. The zero-order valence-corrected chi connectivity index (χ0v) is 21.6. The molecule has 3 aromatic heterocycles. The Hall–Kier alpha value is -2.50. The third kappa shape index (κ3) is 6.27. The summed E-state index contributed by atoms with van der Waals surface area (Å²) in [4.78, 5) is 5.31. The molecule has 32 heavy (non-hydrogen) atoms. The van der Waals surface area contributed by atoms with Crippen molar-refractivity contribution in [3.8, 4) is 11.3 Å². The highest BCUT2D eigenvalue weighted by molar-refractivity contribution is 8.00. The van der Waals surface area contributed by atoms with Crippen molar-refractivity contribution in [3.63, 3.8) is 0 Å². The van der Waals surface area contributed by atoms with Crippen LogP contribution in [0.15, 0.2) is 71.9 Å². The lowest BCUT2D eigenvalue weighted by Crippen LogP contribution is -2.10. The van der Waals surface area contributed by atoms with Gasteiger partial charge in [-0.2, -0.15) is 5.10 Å². The van der Waals surface area contributed by atoms with Gasteiger partial charge in [0.25, 0.3) is 0 Å². The Kier molecular flexibility index (Phi) is 9.60. The minimum Gasteiger partial charge on any atom is -0.310 e. The molecule has 4 nitrogen and oxygen atoms in total. The molecular formula is C26H33ClN4S. The standard InChI is InChI=1S/C22H21ClN4S.2C2H6/c1-22(2,3)16-6-8-17(9-7-16)28-26-21-11-10-18(23)20-13-19(25-27(20)21)15-5-4-12-24-14-15;2*1-2/h4-14,26H,1-3H3;2*1-2H3. The predicted octanol–water partition coefficient (Wildman–Crippen LogP) is 8.52. The summed E-state index contributed by atoms with van der Waals surface area (Å²) in [6.07, 6.45) is 3.55. The molecule has 0 atom stereocenters. The van der Waals surface area contributed by atoms with E-state index in [2.05, 4.69) is 54.7 Å². The lowest BCUT2D eigenvalue weighted by molar-refractivity contribution is 0.590. The third-order valence-corrected chi connectivity index (χ3v) is 5.66. The van der Waals surface area contributed by atoms with Crippen LogP contribution < -0.4 is 4.72 Å². The van der Waals surface area contributed by atoms with Crippen molar-refractivity contribution in [2.24, 2.45) is 0 Å². The first kappa shape index (κ1) is 25.8. The van der Waals surface area contributed by atoms with Crippen LogP contribution in [0.25, 0.3) is 16.8 Å². The van der Waals surface area contributed by atoms with Gasteiger partial charge >= 0.3 is 0 Å². The number of aromatic nitrogens is 3. The number of nitrogens with one attached hydrogen (secondary N) is 1. The lowest BCUT2D eigenvalue weighted by Gasteiger charge is -2.19. The highest BCUT2D eigenvalue weighted by atomic mass is 35.5. The fraction of sp³-hybridized carbons (Fsp3) is 0.308. The Bertz CT molecular complexity index is 1100. The second kappa shape index (κ2) is 11.9. The van der Waals surface area contributed by atoms with Crippen LogP contribution in [0.5, 0.6) is 0 Å². The van der Waals surface area contributed by atoms with Gasteiger partial charge in [0.1, 0.15) is 5.82 Å². The topological polar surface area (TPSA) is 42.2 Å². The van der Waals surface area contributed by atoms with Gasteiger partial charge in [-0.15, -0.1) is 0 Å². The quantitative estimate of drug-likeness (QED) is 0.305. The zero-order chi connectivity index (χ0) is 23.7. The maximum Gasteiger partial charge on any atom is 0.138 e. The van der Waals surface area contributed by atoms with Gasteiger partial charge < -0.3 is 4.72 Å². The van der Waals surface area contributed by atoms with E-state index in [4.69, 9.17) is 16.7 Å². The fourth-order valence-corrected chi connectivity index (χ4v) is 3.76. The van der Waals surface area contributed by atoms with E-state index in [-0.39, 0.29) is 5.41 Å². The van der Waals surface area contributed by atoms with Gasteiger partial charge in [0.2, 0.25) is 0 Å². The van der Waals surface area contributed by atoms with Crippen LogP contribution in [-0.4, -0.2) is 14.6 Å². The maximum absolute atomic E-state index is 6.40. The lowest BCUT2D eigenvalue weighted by atomic mass is 9.87. The number of anilines is 1. The number of hydrogen-bond acceptors (Lipinski definition) is 4. The minimum absolute atomic E-state index is 0.150. The monoisotopic (exact) mass is 468 g/mol. The van der Waals surface area contributed by atoms with Gasteiger partial charge in [0.05, 0.1) is 16.2 Å². The molecule has 0 fully saturated rings. The molecule has 0 spiro atoms. The van der Waals surface area contributed by atoms with E-state index in [9.17, 15) is 0 Å². The summed E-state index contributed by atoms with van der Waals surface area (Å²) >= 11 is 7.95. The van der Waals surface area contributed by atoms with Crippen molar-refractivity contribution in [3.05, 3.63) is 77.6 Å². The van der Waals surface area contributed by atoms with Crippen LogP contribution >= 0.6 is 23.5 Å². The van der Waals surface area contributed by atoms with Crippen molar-refractivity contribution < 1.29 is 0 Å². The second-order valence-corrected chi connectivity index (χ2v) is 8.90. The van der Waals surface area contributed by atoms with E-state index >= 15 is 0 Å². The van der Waals surface area contributed by atoms with E-state index in [1.54, 1.807) is 24.3 Å². The zero-order valence-electron chi connectivity index (χ0n) is 20.0. The maximum atomic E-state index is 6.40. The molecule has 0 aliphatic rings. The summed E-state index contributed by atoms with van der Waals surface area (Å²) in [5.41, 5.74) is 4.12. The van der Waals surface area contributed by atoms with Crippen molar-refractivity contribution >= 4 is 34.9 Å². The number of halogens is 1. The van der Waals surface area contributed by atoms with Crippen molar-refractivity contribution in [1.29, 1.82) is 0 Å². The molecule has 170 valence electrons. The first-order chi connectivity index (χ1) is 15.4. The number of fused-ring (bicyclic) bond motifs is 1. The molecule has 4 aromatic rings. The Morgan fingerprint density at radius 1 is 0.938 bits per heavy atom. The summed E-state index contributed by atoms with van der Waals surface area (Å²) in [5.74, 6) is 0.861. The van der Waals surface area contributed by atoms with Crippen LogP contribution in [0.2, 0.25) is 5.02 Å². The summed E-state index contributed by atoms with van der Waals surface area (Å²) in [6, 6.07) is 18.3. The molecule has 0 aliphatic heterocycles. The summed E-state index contributed by atoms with van der Waals surface area (Å²) < 4.78 is 5.23. The SMILES string of the molecule is CC.CC.CC(C)(C)c1ccc(SNc2ccc(Cl)c3cc(-c4cccnc4)nn23)cc1.